The van der Waals surface area contributed by atoms with Crippen molar-refractivity contribution in [2.24, 2.45) is 0 Å². The molecule has 0 aliphatic rings. The number of nitrogens with zero attached hydrogens (tertiary/aromatic N) is 2. The lowest BCUT2D eigenvalue weighted by Crippen LogP contribution is -2.22. The van der Waals surface area contributed by atoms with Crippen LogP contribution in [0.1, 0.15) is 29.4 Å². The van der Waals surface area contributed by atoms with Crippen molar-refractivity contribution < 1.29 is 23.8 Å². The highest BCUT2D eigenvalue weighted by Crippen LogP contribution is 2.36. The van der Waals surface area contributed by atoms with Crippen molar-refractivity contribution in [1.82, 2.24) is 9.78 Å². The van der Waals surface area contributed by atoms with Crippen molar-refractivity contribution in [3.63, 3.8) is 0 Å². The van der Waals surface area contributed by atoms with Gasteiger partial charge < -0.3 is 19.5 Å². The van der Waals surface area contributed by atoms with Crippen LogP contribution in [0, 0.1) is 0 Å². The van der Waals surface area contributed by atoms with Crippen molar-refractivity contribution >= 4 is 29.3 Å². The summed E-state index contributed by atoms with van der Waals surface area (Å²) in [6.07, 6.45) is 1.70. The first-order chi connectivity index (χ1) is 15.5. The molecule has 0 aliphatic heterocycles. The molecule has 0 fully saturated rings. The van der Waals surface area contributed by atoms with Gasteiger partial charge in [0.05, 0.1) is 36.2 Å². The van der Waals surface area contributed by atoms with Crippen LogP contribution in [0.2, 0.25) is 5.02 Å². The van der Waals surface area contributed by atoms with Crippen LogP contribution in [0.15, 0.2) is 48.5 Å². The van der Waals surface area contributed by atoms with Crippen LogP contribution < -0.4 is 14.8 Å². The minimum atomic E-state index is -0.716. The van der Waals surface area contributed by atoms with E-state index >= 15 is 0 Å². The smallest absolute Gasteiger partial charge is 0.338 e. The number of para-hydroxylation sites is 1. The third-order valence-corrected chi connectivity index (χ3v) is 4.82. The van der Waals surface area contributed by atoms with E-state index in [9.17, 15) is 9.59 Å². The summed E-state index contributed by atoms with van der Waals surface area (Å²) in [5.41, 5.74) is 1.80. The maximum absolute atomic E-state index is 12.5. The normalized spacial score (nSPS) is 10.5. The summed E-state index contributed by atoms with van der Waals surface area (Å²) in [7, 11) is 2.87. The van der Waals surface area contributed by atoms with Gasteiger partial charge in [-0.1, -0.05) is 43.1 Å². The fourth-order valence-corrected chi connectivity index (χ4v) is 3.38. The predicted octanol–water partition coefficient (Wildman–Crippen LogP) is 4.29. The van der Waals surface area contributed by atoms with Gasteiger partial charge in [-0.2, -0.15) is 5.10 Å². The van der Waals surface area contributed by atoms with E-state index in [0.717, 1.165) is 24.2 Å². The second kappa shape index (κ2) is 10.7. The Morgan fingerprint density at radius 3 is 2.50 bits per heavy atom. The minimum Gasteiger partial charge on any atom is -0.493 e. The molecule has 0 radical (unpaired) electrons. The Morgan fingerprint density at radius 1 is 1.09 bits per heavy atom. The highest BCUT2D eigenvalue weighted by Gasteiger charge is 2.18. The van der Waals surface area contributed by atoms with Crippen LogP contribution in [0.3, 0.4) is 0 Å². The quantitative estimate of drug-likeness (QED) is 0.482. The van der Waals surface area contributed by atoms with Crippen molar-refractivity contribution in [3.05, 3.63) is 64.8 Å². The van der Waals surface area contributed by atoms with Crippen molar-refractivity contribution in [2.75, 3.05) is 26.1 Å². The zero-order chi connectivity index (χ0) is 23.1. The summed E-state index contributed by atoms with van der Waals surface area (Å²) in [5, 5.41) is 7.52. The number of rotatable bonds is 9. The van der Waals surface area contributed by atoms with E-state index in [1.165, 1.54) is 26.4 Å². The van der Waals surface area contributed by atoms with Crippen LogP contribution in [0.4, 0.5) is 5.82 Å². The van der Waals surface area contributed by atoms with Gasteiger partial charge in [0.1, 0.15) is 5.82 Å². The minimum absolute atomic E-state index is 0.139. The van der Waals surface area contributed by atoms with Gasteiger partial charge >= 0.3 is 5.97 Å². The number of aromatic nitrogens is 2. The van der Waals surface area contributed by atoms with Gasteiger partial charge in [-0.05, 0) is 30.7 Å². The molecule has 1 amide bonds. The lowest BCUT2D eigenvalue weighted by Gasteiger charge is -2.12. The van der Waals surface area contributed by atoms with Crippen LogP contribution >= 0.6 is 11.6 Å². The monoisotopic (exact) mass is 457 g/mol. The van der Waals surface area contributed by atoms with Crippen molar-refractivity contribution in [1.29, 1.82) is 0 Å². The topological polar surface area (TPSA) is 91.7 Å². The number of methoxy groups -OCH3 is 2. The number of hydrogen-bond acceptors (Lipinski definition) is 6. The molecule has 0 saturated carbocycles. The molecule has 0 unspecified atom stereocenters. The molecular formula is C23H24ClN3O5. The Balaban J connectivity index is 1.70. The summed E-state index contributed by atoms with van der Waals surface area (Å²) in [6, 6.07) is 14.1. The summed E-state index contributed by atoms with van der Waals surface area (Å²) in [6.45, 7) is 1.58. The first kappa shape index (κ1) is 23.1. The maximum Gasteiger partial charge on any atom is 0.338 e. The fraction of sp³-hybridized carbons (Fsp3) is 0.261. The maximum atomic E-state index is 12.5. The largest absolute Gasteiger partial charge is 0.493 e. The molecule has 32 heavy (non-hydrogen) atoms. The Kier molecular flexibility index (Phi) is 7.72. The Bertz CT molecular complexity index is 1100. The van der Waals surface area contributed by atoms with Gasteiger partial charge in [-0.25, -0.2) is 9.48 Å². The lowest BCUT2D eigenvalue weighted by atomic mass is 10.2. The summed E-state index contributed by atoms with van der Waals surface area (Å²) < 4.78 is 17.1. The van der Waals surface area contributed by atoms with Crippen LogP contribution in [-0.2, 0) is 16.0 Å². The number of halogens is 1. The second-order valence-electron chi connectivity index (χ2n) is 6.84. The van der Waals surface area contributed by atoms with E-state index in [1.54, 1.807) is 4.68 Å². The molecule has 0 atom stereocenters. The standard InChI is InChI=1S/C23H24ClN3O5/c1-4-8-16-13-20(27(26-16)17-9-6-5-7-10-17)25-21(28)14-32-23(29)15-11-18(24)22(31-3)19(12-15)30-2/h5-7,9-13H,4,8,14H2,1-3H3,(H,25,28). The highest BCUT2D eigenvalue weighted by molar-refractivity contribution is 6.32. The molecule has 0 aliphatic carbocycles. The van der Waals surface area contributed by atoms with E-state index in [-0.39, 0.29) is 16.3 Å². The number of benzene rings is 2. The number of amides is 1. The molecule has 0 spiro atoms. The number of hydrogen-bond donors (Lipinski definition) is 1. The summed E-state index contributed by atoms with van der Waals surface area (Å²) in [4.78, 5) is 24.9. The molecule has 1 heterocycles. The molecule has 2 aromatic carbocycles. The number of aryl methyl sites for hydroxylation is 1. The molecule has 3 aromatic rings. The van der Waals surface area contributed by atoms with Crippen molar-refractivity contribution in [2.45, 2.75) is 19.8 Å². The number of nitrogens with one attached hydrogen (secondary N) is 1. The summed E-state index contributed by atoms with van der Waals surface area (Å²) >= 11 is 6.13. The SMILES string of the molecule is CCCc1cc(NC(=O)COC(=O)c2cc(Cl)c(OC)c(OC)c2)n(-c2ccccc2)n1. The predicted molar refractivity (Wildman–Crippen MR) is 121 cm³/mol. The van der Waals surface area contributed by atoms with Crippen LogP contribution in [-0.4, -0.2) is 42.5 Å². The van der Waals surface area contributed by atoms with E-state index in [2.05, 4.69) is 17.3 Å². The number of carbonyl (C=O) groups is 2. The second-order valence-corrected chi connectivity index (χ2v) is 7.24. The number of esters is 1. The number of carbonyl (C=O) groups excluding carboxylic acids is 2. The molecule has 9 heteroatoms. The molecule has 3 rings (SSSR count). The fourth-order valence-electron chi connectivity index (χ4n) is 3.09. The molecule has 0 saturated heterocycles. The molecule has 1 aromatic heterocycles. The van der Waals surface area contributed by atoms with Gasteiger partial charge in [-0.3, -0.25) is 4.79 Å². The van der Waals surface area contributed by atoms with E-state index in [0.29, 0.717) is 11.6 Å². The van der Waals surface area contributed by atoms with E-state index in [1.807, 2.05) is 36.4 Å². The molecule has 0 bridgehead atoms. The van der Waals surface area contributed by atoms with Crippen molar-refractivity contribution in [3.8, 4) is 17.2 Å². The third-order valence-electron chi connectivity index (χ3n) is 4.54. The Hall–Kier alpha value is -3.52. The highest BCUT2D eigenvalue weighted by atomic mass is 35.5. The molecule has 168 valence electrons. The third kappa shape index (κ3) is 5.39. The zero-order valence-electron chi connectivity index (χ0n) is 18.1. The number of anilines is 1. The van der Waals surface area contributed by atoms with Crippen LogP contribution in [0.5, 0.6) is 11.5 Å². The first-order valence-electron chi connectivity index (χ1n) is 9.99. The Morgan fingerprint density at radius 2 is 1.84 bits per heavy atom. The molecular weight excluding hydrogens is 434 g/mol. The first-order valence-corrected chi connectivity index (χ1v) is 10.4. The zero-order valence-corrected chi connectivity index (χ0v) is 18.8. The van der Waals surface area contributed by atoms with Gasteiger partial charge in [0.2, 0.25) is 0 Å². The average Bonchev–Trinajstić information content (AvgIpc) is 3.19. The van der Waals surface area contributed by atoms with E-state index < -0.39 is 18.5 Å². The van der Waals surface area contributed by atoms with Crippen LogP contribution in [0.25, 0.3) is 5.69 Å². The average molecular weight is 458 g/mol. The Labute approximate surface area is 191 Å². The lowest BCUT2D eigenvalue weighted by molar-refractivity contribution is -0.119. The van der Waals surface area contributed by atoms with Gasteiger partial charge in [-0.15, -0.1) is 0 Å². The van der Waals surface area contributed by atoms with E-state index in [4.69, 9.17) is 25.8 Å². The molecule has 1 N–H and O–H groups in total. The summed E-state index contributed by atoms with van der Waals surface area (Å²) in [5.74, 6) is -0.127. The van der Waals surface area contributed by atoms with Gasteiger partial charge in [0.25, 0.3) is 5.91 Å². The van der Waals surface area contributed by atoms with Gasteiger partial charge in [0, 0.05) is 6.07 Å². The van der Waals surface area contributed by atoms with Gasteiger partial charge in [0.15, 0.2) is 18.1 Å². The molecule has 8 nitrogen and oxygen atoms in total. The number of ether oxygens (including phenoxy) is 3.